The Hall–Kier alpha value is -3.88. The number of aryl methyl sites for hydroxylation is 1. The van der Waals surface area contributed by atoms with Gasteiger partial charge >= 0.3 is 0 Å². The van der Waals surface area contributed by atoms with E-state index < -0.39 is 0 Å². The van der Waals surface area contributed by atoms with Crippen molar-refractivity contribution in [2.75, 3.05) is 6.61 Å². The Balaban J connectivity index is 1.54. The molecule has 0 aliphatic heterocycles. The molecule has 29 heavy (non-hydrogen) atoms. The average molecular weight is 393 g/mol. The number of halogens is 1. The summed E-state index contributed by atoms with van der Waals surface area (Å²) in [5, 5.41) is 7.18. The van der Waals surface area contributed by atoms with E-state index in [1.54, 1.807) is 37.5 Å². The van der Waals surface area contributed by atoms with Crippen LogP contribution in [0.5, 0.6) is 5.88 Å². The zero-order valence-corrected chi connectivity index (χ0v) is 15.4. The SMILES string of the molecule is Cc1nc(OCC(=O)NCc2cccnc2)c2c(-c3ccc(F)cc3)noc2n1. The molecule has 1 N–H and O–H groups in total. The van der Waals surface area contributed by atoms with Crippen molar-refractivity contribution < 1.29 is 18.4 Å². The first-order chi connectivity index (χ1) is 14.1. The quantitative estimate of drug-likeness (QED) is 0.537. The molecular formula is C20H16FN5O3. The lowest BCUT2D eigenvalue weighted by molar-refractivity contribution is -0.123. The standard InChI is InChI=1S/C20H16FN5O3/c1-12-24-19(28-11-16(27)23-10-13-3-2-8-22-9-13)17-18(26-29-20(17)25-12)14-4-6-15(21)7-5-14/h2-9H,10-11H2,1H3,(H,23,27). The highest BCUT2D eigenvalue weighted by atomic mass is 19.1. The molecule has 8 nitrogen and oxygen atoms in total. The number of hydrogen-bond donors (Lipinski definition) is 1. The van der Waals surface area contributed by atoms with Gasteiger partial charge in [-0.15, -0.1) is 0 Å². The van der Waals surface area contributed by atoms with Crippen molar-refractivity contribution in [2.24, 2.45) is 0 Å². The van der Waals surface area contributed by atoms with Crippen LogP contribution in [-0.4, -0.2) is 32.6 Å². The molecule has 146 valence electrons. The smallest absolute Gasteiger partial charge is 0.265 e. The second-order valence-electron chi connectivity index (χ2n) is 6.22. The Labute approximate surface area is 164 Å². The minimum atomic E-state index is -0.365. The Morgan fingerprint density at radius 3 is 2.79 bits per heavy atom. The fraction of sp³-hybridized carbons (Fsp3) is 0.150. The second-order valence-corrected chi connectivity index (χ2v) is 6.22. The van der Waals surface area contributed by atoms with E-state index in [1.165, 1.54) is 12.1 Å². The largest absolute Gasteiger partial charge is 0.467 e. The van der Waals surface area contributed by atoms with Crippen molar-refractivity contribution in [1.82, 2.24) is 25.4 Å². The van der Waals surface area contributed by atoms with Crippen molar-refractivity contribution in [2.45, 2.75) is 13.5 Å². The predicted molar refractivity (Wildman–Crippen MR) is 101 cm³/mol. The third kappa shape index (κ3) is 4.18. The molecule has 0 unspecified atom stereocenters. The molecule has 0 atom stereocenters. The van der Waals surface area contributed by atoms with Crippen molar-refractivity contribution in [3.8, 4) is 17.1 Å². The zero-order valence-electron chi connectivity index (χ0n) is 15.4. The van der Waals surface area contributed by atoms with Crippen molar-refractivity contribution >= 4 is 17.0 Å². The number of ether oxygens (including phenoxy) is 1. The van der Waals surface area contributed by atoms with E-state index in [0.29, 0.717) is 29.0 Å². The van der Waals surface area contributed by atoms with Crippen LogP contribution in [0.15, 0.2) is 53.3 Å². The molecule has 9 heteroatoms. The number of aromatic nitrogens is 4. The average Bonchev–Trinajstić information content (AvgIpc) is 3.15. The highest BCUT2D eigenvalue weighted by molar-refractivity contribution is 5.93. The first kappa shape index (κ1) is 18.5. The van der Waals surface area contributed by atoms with Crippen LogP contribution in [0.25, 0.3) is 22.4 Å². The molecular weight excluding hydrogens is 377 g/mol. The lowest BCUT2D eigenvalue weighted by atomic mass is 10.1. The molecule has 1 amide bonds. The minimum Gasteiger partial charge on any atom is -0.467 e. The molecule has 0 saturated carbocycles. The van der Waals surface area contributed by atoms with E-state index in [9.17, 15) is 9.18 Å². The first-order valence-corrected chi connectivity index (χ1v) is 8.78. The fourth-order valence-electron chi connectivity index (χ4n) is 2.72. The van der Waals surface area contributed by atoms with E-state index in [1.807, 2.05) is 6.07 Å². The van der Waals surface area contributed by atoms with Gasteiger partial charge in [-0.25, -0.2) is 4.39 Å². The van der Waals surface area contributed by atoms with Gasteiger partial charge in [-0.1, -0.05) is 11.2 Å². The third-order valence-electron chi connectivity index (χ3n) is 4.08. The Kier molecular flexibility index (Phi) is 5.10. The minimum absolute atomic E-state index is 0.171. The van der Waals surface area contributed by atoms with Crippen LogP contribution < -0.4 is 10.1 Å². The molecule has 0 spiro atoms. The number of pyridine rings is 1. The van der Waals surface area contributed by atoms with E-state index in [-0.39, 0.29) is 29.9 Å². The van der Waals surface area contributed by atoms with Gasteiger partial charge < -0.3 is 14.6 Å². The van der Waals surface area contributed by atoms with Crippen LogP contribution in [-0.2, 0) is 11.3 Å². The highest BCUT2D eigenvalue weighted by Crippen LogP contribution is 2.33. The highest BCUT2D eigenvalue weighted by Gasteiger charge is 2.20. The number of nitrogens with one attached hydrogen (secondary N) is 1. The van der Waals surface area contributed by atoms with Crippen LogP contribution in [0.1, 0.15) is 11.4 Å². The maximum atomic E-state index is 13.2. The Morgan fingerprint density at radius 2 is 2.03 bits per heavy atom. The maximum Gasteiger partial charge on any atom is 0.265 e. The first-order valence-electron chi connectivity index (χ1n) is 8.78. The monoisotopic (exact) mass is 393 g/mol. The van der Waals surface area contributed by atoms with Gasteiger partial charge in [0.1, 0.15) is 22.7 Å². The van der Waals surface area contributed by atoms with E-state index in [4.69, 9.17) is 9.26 Å². The molecule has 4 aromatic rings. The fourth-order valence-corrected chi connectivity index (χ4v) is 2.72. The number of fused-ring (bicyclic) bond motifs is 1. The number of hydrogen-bond acceptors (Lipinski definition) is 7. The van der Waals surface area contributed by atoms with Crippen LogP contribution in [0.4, 0.5) is 4.39 Å². The third-order valence-corrected chi connectivity index (χ3v) is 4.08. The molecule has 0 aliphatic carbocycles. The van der Waals surface area contributed by atoms with Crippen molar-refractivity contribution in [3.05, 3.63) is 66.0 Å². The van der Waals surface area contributed by atoms with Crippen LogP contribution in [0.3, 0.4) is 0 Å². The number of rotatable bonds is 6. The Morgan fingerprint density at radius 1 is 1.21 bits per heavy atom. The van der Waals surface area contributed by atoms with Crippen LogP contribution in [0.2, 0.25) is 0 Å². The van der Waals surface area contributed by atoms with Gasteiger partial charge in [-0.2, -0.15) is 9.97 Å². The number of carbonyl (C=O) groups excluding carboxylic acids is 1. The molecule has 0 fully saturated rings. The van der Waals surface area contributed by atoms with Gasteiger partial charge in [-0.05, 0) is 42.8 Å². The Bertz CT molecular complexity index is 1150. The molecule has 0 aliphatic rings. The van der Waals surface area contributed by atoms with Crippen molar-refractivity contribution in [1.29, 1.82) is 0 Å². The molecule has 0 saturated heterocycles. The normalized spacial score (nSPS) is 10.8. The summed E-state index contributed by atoms with van der Waals surface area (Å²) in [4.78, 5) is 24.6. The number of nitrogens with zero attached hydrogens (tertiary/aromatic N) is 4. The van der Waals surface area contributed by atoms with Gasteiger partial charge in [-0.3, -0.25) is 9.78 Å². The van der Waals surface area contributed by atoms with Gasteiger partial charge in [0.15, 0.2) is 6.61 Å². The van der Waals surface area contributed by atoms with Crippen LogP contribution >= 0.6 is 0 Å². The number of benzene rings is 1. The summed E-state index contributed by atoms with van der Waals surface area (Å²) in [6, 6.07) is 9.42. The number of amides is 1. The maximum absolute atomic E-state index is 13.2. The summed E-state index contributed by atoms with van der Waals surface area (Å²) in [5.74, 6) is -0.108. The van der Waals surface area contributed by atoms with E-state index >= 15 is 0 Å². The summed E-state index contributed by atoms with van der Waals surface area (Å²) < 4.78 is 24.2. The van der Waals surface area contributed by atoms with Crippen LogP contribution in [0, 0.1) is 12.7 Å². The predicted octanol–water partition coefficient (Wildman–Crippen LogP) is 2.82. The summed E-state index contributed by atoms with van der Waals surface area (Å²) in [7, 11) is 0. The zero-order chi connectivity index (χ0) is 20.2. The molecule has 3 aromatic heterocycles. The summed E-state index contributed by atoms with van der Waals surface area (Å²) in [6.07, 6.45) is 3.33. The molecule has 1 aromatic carbocycles. The number of carbonyl (C=O) groups is 1. The molecule has 0 radical (unpaired) electrons. The molecule has 4 rings (SSSR count). The lowest BCUT2D eigenvalue weighted by Crippen LogP contribution is -2.28. The van der Waals surface area contributed by atoms with E-state index in [2.05, 4.69) is 25.4 Å². The topological polar surface area (TPSA) is 103 Å². The van der Waals surface area contributed by atoms with E-state index in [0.717, 1.165) is 5.56 Å². The van der Waals surface area contributed by atoms with Gasteiger partial charge in [0.2, 0.25) is 5.88 Å². The lowest BCUT2D eigenvalue weighted by Gasteiger charge is -2.08. The van der Waals surface area contributed by atoms with Gasteiger partial charge in [0, 0.05) is 24.5 Å². The summed E-state index contributed by atoms with van der Waals surface area (Å²) >= 11 is 0. The molecule has 3 heterocycles. The van der Waals surface area contributed by atoms with Gasteiger partial charge in [0.25, 0.3) is 11.6 Å². The summed E-state index contributed by atoms with van der Waals surface area (Å²) in [5.41, 5.74) is 2.12. The molecule has 0 bridgehead atoms. The van der Waals surface area contributed by atoms with Crippen molar-refractivity contribution in [3.63, 3.8) is 0 Å². The second kappa shape index (κ2) is 8.01. The summed E-state index contributed by atoms with van der Waals surface area (Å²) in [6.45, 7) is 1.76. The van der Waals surface area contributed by atoms with Gasteiger partial charge in [0.05, 0.1) is 0 Å².